The van der Waals surface area contributed by atoms with E-state index in [4.69, 9.17) is 0 Å². The molecule has 2 heteroatoms. The molecule has 0 aliphatic heterocycles. The Morgan fingerprint density at radius 2 is 1.48 bits per heavy atom. The quantitative estimate of drug-likeness (QED) is 0.801. The maximum Gasteiger partial charge on any atom is 0.253 e. The van der Waals surface area contributed by atoms with E-state index in [1.165, 1.54) is 5.56 Å². The van der Waals surface area contributed by atoms with Gasteiger partial charge in [0, 0.05) is 19.7 Å². The third kappa shape index (κ3) is 3.52. The molecule has 2 rings (SSSR count). The summed E-state index contributed by atoms with van der Waals surface area (Å²) in [6.07, 6.45) is 0. The second-order valence-corrected chi connectivity index (χ2v) is 6.61. The number of carbonyl (C=O) groups is 1. The van der Waals surface area contributed by atoms with E-state index in [0.29, 0.717) is 0 Å². The molecule has 0 radical (unpaired) electrons. The molecular weight excluding hydrogens is 258 g/mol. The third-order valence-electron chi connectivity index (χ3n) is 3.58. The van der Waals surface area contributed by atoms with Crippen LogP contribution in [0.1, 0.15) is 36.7 Å². The molecule has 2 aromatic carbocycles. The molecule has 110 valence electrons. The largest absolute Gasteiger partial charge is 0.345 e. The van der Waals surface area contributed by atoms with Crippen LogP contribution >= 0.6 is 0 Å². The van der Waals surface area contributed by atoms with Crippen molar-refractivity contribution in [2.75, 3.05) is 14.1 Å². The zero-order chi connectivity index (χ0) is 15.6. The number of carbonyl (C=O) groups excluding carboxylic acids is 1. The number of hydrogen-bond donors (Lipinski definition) is 0. The van der Waals surface area contributed by atoms with Gasteiger partial charge >= 0.3 is 0 Å². The summed E-state index contributed by atoms with van der Waals surface area (Å²) >= 11 is 0. The molecule has 0 fully saturated rings. The highest BCUT2D eigenvalue weighted by Crippen LogP contribution is 2.28. The van der Waals surface area contributed by atoms with Gasteiger partial charge in [0.05, 0.1) is 0 Å². The van der Waals surface area contributed by atoms with Crippen molar-refractivity contribution in [1.29, 1.82) is 0 Å². The molecule has 0 heterocycles. The minimum atomic E-state index is 0.0313. The predicted octanol–water partition coefficient (Wildman–Crippen LogP) is 4.35. The van der Waals surface area contributed by atoms with E-state index in [0.717, 1.165) is 16.7 Å². The van der Waals surface area contributed by atoms with Crippen LogP contribution in [-0.2, 0) is 5.41 Å². The van der Waals surface area contributed by atoms with Crippen LogP contribution in [0.5, 0.6) is 0 Å². The fourth-order valence-corrected chi connectivity index (χ4v) is 2.26. The Labute approximate surface area is 127 Å². The second kappa shape index (κ2) is 5.72. The molecule has 0 atom stereocenters. The molecule has 2 aromatic rings. The normalized spacial score (nSPS) is 11.3. The molecule has 2 nitrogen and oxygen atoms in total. The van der Waals surface area contributed by atoms with Gasteiger partial charge in [0.2, 0.25) is 0 Å². The molecule has 0 bridgehead atoms. The molecule has 0 aliphatic rings. The topological polar surface area (TPSA) is 20.3 Å². The van der Waals surface area contributed by atoms with Crippen molar-refractivity contribution in [3.8, 4) is 11.1 Å². The molecule has 0 saturated heterocycles. The summed E-state index contributed by atoms with van der Waals surface area (Å²) in [7, 11) is 3.55. The molecule has 0 aromatic heterocycles. The lowest BCUT2D eigenvalue weighted by atomic mass is 9.85. The standard InChI is InChI=1S/C19H23NO/c1-19(2,3)17-11-7-9-15(13-17)14-8-6-10-16(12-14)18(21)20(4)5/h6-13H,1-5H3. The molecule has 0 unspecified atom stereocenters. The molecule has 0 aliphatic carbocycles. The smallest absolute Gasteiger partial charge is 0.253 e. The number of hydrogen-bond acceptors (Lipinski definition) is 1. The van der Waals surface area contributed by atoms with E-state index in [9.17, 15) is 4.79 Å². The minimum absolute atomic E-state index is 0.0313. The van der Waals surface area contributed by atoms with Gasteiger partial charge < -0.3 is 4.90 Å². The van der Waals surface area contributed by atoms with Crippen LogP contribution in [0.3, 0.4) is 0 Å². The Bertz CT molecular complexity index is 651. The summed E-state index contributed by atoms with van der Waals surface area (Å²) in [5.74, 6) is 0.0313. The van der Waals surface area contributed by atoms with Gasteiger partial charge in [0.25, 0.3) is 5.91 Å². The van der Waals surface area contributed by atoms with Crippen molar-refractivity contribution in [3.05, 3.63) is 59.7 Å². The molecule has 0 saturated carbocycles. The van der Waals surface area contributed by atoms with Crippen molar-refractivity contribution >= 4 is 5.91 Å². The van der Waals surface area contributed by atoms with E-state index in [2.05, 4.69) is 45.0 Å². The van der Waals surface area contributed by atoms with Crippen LogP contribution in [0.25, 0.3) is 11.1 Å². The summed E-state index contributed by atoms with van der Waals surface area (Å²) in [6, 6.07) is 16.3. The monoisotopic (exact) mass is 281 g/mol. The van der Waals surface area contributed by atoms with E-state index >= 15 is 0 Å². The first-order chi connectivity index (χ1) is 9.79. The summed E-state index contributed by atoms with van der Waals surface area (Å²) in [6.45, 7) is 6.62. The third-order valence-corrected chi connectivity index (χ3v) is 3.58. The van der Waals surface area contributed by atoms with Gasteiger partial charge in [0.1, 0.15) is 0 Å². The van der Waals surface area contributed by atoms with Gasteiger partial charge in [0.15, 0.2) is 0 Å². The van der Waals surface area contributed by atoms with Crippen LogP contribution in [0.15, 0.2) is 48.5 Å². The molecule has 0 spiro atoms. The molecule has 1 amide bonds. The first kappa shape index (κ1) is 15.3. The van der Waals surface area contributed by atoms with Crippen LogP contribution in [0.2, 0.25) is 0 Å². The van der Waals surface area contributed by atoms with Crippen molar-refractivity contribution in [3.63, 3.8) is 0 Å². The van der Waals surface area contributed by atoms with E-state index in [1.54, 1.807) is 19.0 Å². The first-order valence-corrected chi connectivity index (χ1v) is 7.21. The van der Waals surface area contributed by atoms with Gasteiger partial charge in [-0.3, -0.25) is 4.79 Å². The van der Waals surface area contributed by atoms with E-state index in [-0.39, 0.29) is 11.3 Å². The van der Waals surface area contributed by atoms with Crippen molar-refractivity contribution in [1.82, 2.24) is 4.90 Å². The maximum atomic E-state index is 12.1. The van der Waals surface area contributed by atoms with Crippen molar-refractivity contribution in [2.45, 2.75) is 26.2 Å². The summed E-state index contributed by atoms with van der Waals surface area (Å²) in [5.41, 5.74) is 4.36. The van der Waals surface area contributed by atoms with Crippen LogP contribution < -0.4 is 0 Å². The summed E-state index contributed by atoms with van der Waals surface area (Å²) in [5, 5.41) is 0. The van der Waals surface area contributed by atoms with Crippen molar-refractivity contribution < 1.29 is 4.79 Å². The first-order valence-electron chi connectivity index (χ1n) is 7.21. The average Bonchev–Trinajstić information content (AvgIpc) is 2.46. The summed E-state index contributed by atoms with van der Waals surface area (Å²) in [4.78, 5) is 13.7. The number of nitrogens with zero attached hydrogens (tertiary/aromatic N) is 1. The van der Waals surface area contributed by atoms with Gasteiger partial charge in [-0.2, -0.15) is 0 Å². The molecule has 21 heavy (non-hydrogen) atoms. The lowest BCUT2D eigenvalue weighted by molar-refractivity contribution is 0.0827. The van der Waals surface area contributed by atoms with E-state index < -0.39 is 0 Å². The fraction of sp³-hybridized carbons (Fsp3) is 0.316. The molecule has 0 N–H and O–H groups in total. The average molecular weight is 281 g/mol. The highest BCUT2D eigenvalue weighted by molar-refractivity contribution is 5.95. The second-order valence-electron chi connectivity index (χ2n) is 6.61. The van der Waals surface area contributed by atoms with E-state index in [1.807, 2.05) is 24.3 Å². The SMILES string of the molecule is CN(C)C(=O)c1cccc(-c2cccc(C(C)(C)C)c2)c1. The lowest BCUT2D eigenvalue weighted by Gasteiger charge is -2.20. The Hall–Kier alpha value is -2.09. The predicted molar refractivity (Wildman–Crippen MR) is 88.6 cm³/mol. The zero-order valence-corrected chi connectivity index (χ0v) is 13.5. The van der Waals surface area contributed by atoms with Gasteiger partial charge in [-0.15, -0.1) is 0 Å². The van der Waals surface area contributed by atoms with Crippen molar-refractivity contribution in [2.24, 2.45) is 0 Å². The fourth-order valence-electron chi connectivity index (χ4n) is 2.26. The zero-order valence-electron chi connectivity index (χ0n) is 13.5. The van der Waals surface area contributed by atoms with Gasteiger partial charge in [-0.1, -0.05) is 57.2 Å². The van der Waals surface area contributed by atoms with Crippen LogP contribution in [0, 0.1) is 0 Å². The molecular formula is C19H23NO. The Balaban J connectivity index is 2.43. The Kier molecular flexibility index (Phi) is 4.17. The summed E-state index contributed by atoms with van der Waals surface area (Å²) < 4.78 is 0. The van der Waals surface area contributed by atoms with Gasteiger partial charge in [-0.25, -0.2) is 0 Å². The minimum Gasteiger partial charge on any atom is -0.345 e. The number of benzene rings is 2. The Morgan fingerprint density at radius 1 is 0.905 bits per heavy atom. The highest BCUT2D eigenvalue weighted by atomic mass is 16.2. The van der Waals surface area contributed by atoms with Crippen LogP contribution in [-0.4, -0.2) is 24.9 Å². The van der Waals surface area contributed by atoms with Gasteiger partial charge in [-0.05, 0) is 34.2 Å². The highest BCUT2D eigenvalue weighted by Gasteiger charge is 2.14. The number of amides is 1. The lowest BCUT2D eigenvalue weighted by Crippen LogP contribution is -2.21. The Morgan fingerprint density at radius 3 is 2.05 bits per heavy atom. The van der Waals surface area contributed by atoms with Crippen LogP contribution in [0.4, 0.5) is 0 Å². The number of rotatable bonds is 2. The maximum absolute atomic E-state index is 12.1.